The van der Waals surface area contributed by atoms with Gasteiger partial charge in [0.2, 0.25) is 0 Å². The van der Waals surface area contributed by atoms with Crippen LogP contribution in [-0.4, -0.2) is 43.2 Å². The van der Waals surface area contributed by atoms with Crippen molar-refractivity contribution in [3.63, 3.8) is 0 Å². The molecule has 1 aromatic rings. The predicted molar refractivity (Wildman–Crippen MR) is 76.0 cm³/mol. The number of nitrogens with zero attached hydrogens (tertiary/aromatic N) is 1. The summed E-state index contributed by atoms with van der Waals surface area (Å²) in [5.41, 5.74) is 0.130. The molecule has 6 nitrogen and oxygen atoms in total. The molecule has 0 amide bonds. The Morgan fingerprint density at radius 2 is 1.85 bits per heavy atom. The van der Waals surface area contributed by atoms with E-state index in [4.69, 9.17) is 21.7 Å². The van der Waals surface area contributed by atoms with Crippen LogP contribution in [0.5, 0.6) is 11.5 Å². The maximum absolute atomic E-state index is 11.6. The number of hydrogen-bond donors (Lipinski definition) is 0. The molecule has 0 bridgehead atoms. The lowest BCUT2D eigenvalue weighted by Crippen LogP contribution is -2.25. The quantitative estimate of drug-likeness (QED) is 0.477. The number of rotatable bonds is 3. The van der Waals surface area contributed by atoms with E-state index in [1.54, 1.807) is 19.0 Å². The van der Waals surface area contributed by atoms with Crippen LogP contribution in [0, 0.1) is 0 Å². The van der Waals surface area contributed by atoms with Crippen LogP contribution in [-0.2, 0) is 9.53 Å². The van der Waals surface area contributed by atoms with Crippen LogP contribution in [0.1, 0.15) is 17.3 Å². The summed E-state index contributed by atoms with van der Waals surface area (Å²) < 4.78 is 15.0. The van der Waals surface area contributed by atoms with Gasteiger partial charge in [0.1, 0.15) is 17.1 Å². The van der Waals surface area contributed by atoms with Gasteiger partial charge in [-0.3, -0.25) is 4.79 Å². The third kappa shape index (κ3) is 4.20. The van der Waals surface area contributed by atoms with Crippen molar-refractivity contribution in [2.45, 2.75) is 6.92 Å². The van der Waals surface area contributed by atoms with Crippen molar-refractivity contribution in [3.8, 4) is 11.5 Å². The van der Waals surface area contributed by atoms with Crippen LogP contribution < -0.4 is 9.47 Å². The van der Waals surface area contributed by atoms with Crippen molar-refractivity contribution >= 4 is 29.3 Å². The zero-order valence-corrected chi connectivity index (χ0v) is 12.4. The first-order chi connectivity index (χ1) is 9.35. The summed E-state index contributed by atoms with van der Waals surface area (Å²) in [5, 5.41) is 0.240. The minimum Gasteiger partial charge on any atom is -0.465 e. The number of methoxy groups -OCH3 is 1. The van der Waals surface area contributed by atoms with Gasteiger partial charge in [0.15, 0.2) is 0 Å². The van der Waals surface area contributed by atoms with E-state index >= 15 is 0 Å². The number of benzene rings is 1. The molecule has 0 aliphatic rings. The lowest BCUT2D eigenvalue weighted by molar-refractivity contribution is -0.131. The molecule has 0 atom stereocenters. The first-order valence-corrected chi connectivity index (χ1v) is 6.06. The molecule has 1 aromatic carbocycles. The van der Waals surface area contributed by atoms with Crippen molar-refractivity contribution in [2.24, 2.45) is 0 Å². The van der Waals surface area contributed by atoms with E-state index in [0.717, 1.165) is 0 Å². The van der Waals surface area contributed by atoms with Gasteiger partial charge in [-0.2, -0.15) is 0 Å². The van der Waals surface area contributed by atoms with Gasteiger partial charge in [0.05, 0.1) is 7.11 Å². The monoisotopic (exact) mass is 297 g/mol. The smallest absolute Gasteiger partial charge is 0.341 e. The molecule has 20 heavy (non-hydrogen) atoms. The molecule has 7 heteroatoms. The van der Waals surface area contributed by atoms with Crippen LogP contribution in [0.25, 0.3) is 0 Å². The highest BCUT2D eigenvalue weighted by molar-refractivity contribution is 7.80. The van der Waals surface area contributed by atoms with Crippen molar-refractivity contribution < 1.29 is 23.8 Å². The lowest BCUT2D eigenvalue weighted by Gasteiger charge is -2.15. The summed E-state index contributed by atoms with van der Waals surface area (Å²) in [7, 11) is 4.71. The average Bonchev–Trinajstić information content (AvgIpc) is 2.37. The molecule has 108 valence electrons. The fourth-order valence-corrected chi connectivity index (χ4v) is 1.37. The molecule has 0 radical (unpaired) electrons. The average molecular weight is 297 g/mol. The van der Waals surface area contributed by atoms with Gasteiger partial charge in [-0.1, -0.05) is 0 Å². The number of carbonyl (C=O) groups is 2. The number of esters is 2. The Bertz CT molecular complexity index is 542. The predicted octanol–water partition coefficient (Wildman–Crippen LogP) is 1.62. The summed E-state index contributed by atoms with van der Waals surface area (Å²) in [6, 6.07) is 4.39. The Balaban J connectivity index is 3.10. The maximum Gasteiger partial charge on any atom is 0.341 e. The minimum absolute atomic E-state index is 0.0587. The van der Waals surface area contributed by atoms with Crippen LogP contribution in [0.3, 0.4) is 0 Å². The van der Waals surface area contributed by atoms with Gasteiger partial charge in [-0.05, 0) is 24.4 Å². The second-order valence-electron chi connectivity index (χ2n) is 4.01. The molecule has 0 heterocycles. The second-order valence-corrected chi connectivity index (χ2v) is 4.35. The van der Waals surface area contributed by atoms with Gasteiger partial charge in [-0.15, -0.1) is 0 Å². The highest BCUT2D eigenvalue weighted by atomic mass is 32.1. The van der Waals surface area contributed by atoms with Gasteiger partial charge < -0.3 is 19.1 Å². The molecule has 0 saturated heterocycles. The first kappa shape index (κ1) is 15.9. The van der Waals surface area contributed by atoms with E-state index in [1.807, 2.05) is 0 Å². The van der Waals surface area contributed by atoms with Gasteiger partial charge in [0, 0.05) is 27.1 Å². The van der Waals surface area contributed by atoms with Gasteiger partial charge in [-0.25, -0.2) is 4.79 Å². The lowest BCUT2D eigenvalue weighted by atomic mass is 10.2. The molecule has 0 aliphatic carbocycles. The largest absolute Gasteiger partial charge is 0.465 e. The summed E-state index contributed by atoms with van der Waals surface area (Å²) >= 11 is 5.00. The molecule has 0 aromatic heterocycles. The van der Waals surface area contributed by atoms with Crippen molar-refractivity contribution in [1.29, 1.82) is 0 Å². The third-order valence-electron chi connectivity index (χ3n) is 2.18. The Kier molecular flexibility index (Phi) is 5.45. The number of thiocarbonyl (C=S) groups is 1. The highest BCUT2D eigenvalue weighted by Crippen LogP contribution is 2.26. The van der Waals surface area contributed by atoms with E-state index in [2.05, 4.69) is 4.74 Å². The Morgan fingerprint density at radius 1 is 1.20 bits per heavy atom. The van der Waals surface area contributed by atoms with Crippen LogP contribution in [0.15, 0.2) is 18.2 Å². The number of hydrogen-bond acceptors (Lipinski definition) is 6. The zero-order chi connectivity index (χ0) is 15.3. The van der Waals surface area contributed by atoms with E-state index in [1.165, 1.54) is 32.2 Å². The third-order valence-corrected chi connectivity index (χ3v) is 2.63. The number of carbonyl (C=O) groups excluding carboxylic acids is 2. The van der Waals surface area contributed by atoms with Crippen LogP contribution in [0.4, 0.5) is 0 Å². The highest BCUT2D eigenvalue weighted by Gasteiger charge is 2.16. The SMILES string of the molecule is COC(=O)c1ccc(OC(=S)N(C)C)cc1OC(C)=O. The van der Waals surface area contributed by atoms with Gasteiger partial charge in [0.25, 0.3) is 5.17 Å². The fraction of sp³-hybridized carbons (Fsp3) is 0.308. The molecule has 0 N–H and O–H groups in total. The number of ether oxygens (including phenoxy) is 3. The minimum atomic E-state index is -0.608. The molecular formula is C13H15NO5S. The maximum atomic E-state index is 11.6. The zero-order valence-electron chi connectivity index (χ0n) is 11.6. The molecule has 0 aliphatic heterocycles. The Morgan fingerprint density at radius 3 is 2.35 bits per heavy atom. The first-order valence-electron chi connectivity index (χ1n) is 5.65. The molecule has 0 spiro atoms. The summed E-state index contributed by atoms with van der Waals surface area (Å²) in [4.78, 5) is 24.2. The van der Waals surface area contributed by atoms with Crippen molar-refractivity contribution in [1.82, 2.24) is 4.90 Å². The van der Waals surface area contributed by atoms with E-state index in [9.17, 15) is 9.59 Å². The molecule has 0 fully saturated rings. The molecule has 0 saturated carbocycles. The molecular weight excluding hydrogens is 282 g/mol. The standard InChI is InChI=1S/C13H15NO5S/c1-8(15)18-11-7-9(19-13(20)14(2)3)5-6-10(11)12(16)17-4/h5-7H,1-4H3. The normalized spacial score (nSPS) is 9.60. The van der Waals surface area contributed by atoms with Crippen molar-refractivity contribution in [2.75, 3.05) is 21.2 Å². The fourth-order valence-electron chi connectivity index (χ4n) is 1.28. The summed E-state index contributed by atoms with van der Waals surface area (Å²) in [5.74, 6) is -0.749. The molecule has 0 unspecified atom stereocenters. The van der Waals surface area contributed by atoms with Gasteiger partial charge >= 0.3 is 11.9 Å². The van der Waals surface area contributed by atoms with Crippen LogP contribution >= 0.6 is 12.2 Å². The second kappa shape index (κ2) is 6.85. The topological polar surface area (TPSA) is 65.1 Å². The van der Waals surface area contributed by atoms with E-state index in [-0.39, 0.29) is 16.5 Å². The Labute approximate surface area is 122 Å². The van der Waals surface area contributed by atoms with E-state index < -0.39 is 11.9 Å². The summed E-state index contributed by atoms with van der Waals surface area (Å²) in [6.45, 7) is 1.24. The Hall–Kier alpha value is -2.15. The molecule has 1 rings (SSSR count). The van der Waals surface area contributed by atoms with E-state index in [0.29, 0.717) is 5.75 Å². The summed E-state index contributed by atoms with van der Waals surface area (Å²) in [6.07, 6.45) is 0. The van der Waals surface area contributed by atoms with Crippen molar-refractivity contribution in [3.05, 3.63) is 23.8 Å². The van der Waals surface area contributed by atoms with Crippen LogP contribution in [0.2, 0.25) is 0 Å².